The minimum atomic E-state index is -0.636. The van der Waals surface area contributed by atoms with Crippen LogP contribution in [0.1, 0.15) is 13.8 Å². The summed E-state index contributed by atoms with van der Waals surface area (Å²) >= 11 is -0.346. The number of ether oxygens (including phenoxy) is 1. The number of halogens is 2. The zero-order chi connectivity index (χ0) is 37.1. The monoisotopic (exact) mass is 915 g/mol. The molecular weight excluding hydrogens is 872 g/mol. The molecular formula is C46H43Cl2FeNOP2Ru+2. The van der Waals surface area contributed by atoms with E-state index in [0.29, 0.717) is 12.5 Å². The normalized spacial score (nSPS) is 16.6. The predicted octanol–water partition coefficient (Wildman–Crippen LogP) is 10.1. The first-order valence-corrected chi connectivity index (χ1v) is 24.6. The van der Waals surface area contributed by atoms with Gasteiger partial charge in [0.25, 0.3) is 0 Å². The largest absolute Gasteiger partial charge is 2.00 e. The minimum Gasteiger partial charge on any atom is -0.0622 e. The van der Waals surface area contributed by atoms with E-state index in [0.717, 1.165) is 11.8 Å². The van der Waals surface area contributed by atoms with Crippen molar-refractivity contribution in [2.45, 2.75) is 19.9 Å². The van der Waals surface area contributed by atoms with Crippen molar-refractivity contribution in [3.63, 3.8) is 0 Å². The van der Waals surface area contributed by atoms with E-state index >= 15 is 0 Å². The maximum atomic E-state index is 5.99. The Morgan fingerprint density at radius 1 is 0.537 bits per heavy atom. The molecule has 276 valence electrons. The zero-order valence-electron chi connectivity index (χ0n) is 30.1. The Labute approximate surface area is 354 Å². The molecule has 1 heterocycles. The summed E-state index contributed by atoms with van der Waals surface area (Å²) in [6, 6.07) is 54.1. The van der Waals surface area contributed by atoms with Crippen LogP contribution >= 0.6 is 35.2 Å². The molecule has 2 fully saturated rings. The van der Waals surface area contributed by atoms with Crippen molar-refractivity contribution in [2.75, 3.05) is 6.61 Å². The van der Waals surface area contributed by atoms with Crippen molar-refractivity contribution in [1.82, 2.24) is 0 Å². The van der Waals surface area contributed by atoms with Gasteiger partial charge in [0, 0.05) is 5.66 Å². The first-order chi connectivity index (χ1) is 26.1. The summed E-state index contributed by atoms with van der Waals surface area (Å²) in [4.78, 5) is 4.87. The molecule has 0 amide bonds. The second kappa shape index (κ2) is 25.4. The Kier molecular flexibility index (Phi) is 21.1. The van der Waals surface area contributed by atoms with E-state index in [1.54, 1.807) is 0 Å². The molecule has 0 bridgehead atoms. The fourth-order valence-electron chi connectivity index (χ4n) is 5.75. The van der Waals surface area contributed by atoms with Gasteiger partial charge in [-0.15, -0.1) is 0 Å². The van der Waals surface area contributed by atoms with Gasteiger partial charge in [-0.2, -0.15) is 0 Å². The molecule has 1 aliphatic heterocycles. The molecule has 0 N–H and O–H groups in total. The molecule has 0 spiro atoms. The van der Waals surface area contributed by atoms with Crippen LogP contribution in [0.3, 0.4) is 0 Å². The van der Waals surface area contributed by atoms with Crippen molar-refractivity contribution in [3.8, 4) is 0 Å². The average Bonchev–Trinajstić information content (AvgIpc) is 4.03. The minimum absolute atomic E-state index is 0. The second-order valence-corrected chi connectivity index (χ2v) is 19.3. The van der Waals surface area contributed by atoms with Crippen LogP contribution in [0.4, 0.5) is 0 Å². The molecule has 8 rings (SSSR count). The van der Waals surface area contributed by atoms with E-state index in [1.807, 2.05) is 32.1 Å². The van der Waals surface area contributed by atoms with Crippen LogP contribution < -0.4 is 26.5 Å². The molecule has 2 saturated carbocycles. The van der Waals surface area contributed by atoms with Crippen molar-refractivity contribution < 1.29 is 37.0 Å². The fraction of sp³-hybridized carbons (Fsp3) is 0.109. The molecule has 0 saturated heterocycles. The van der Waals surface area contributed by atoms with Gasteiger partial charge < -0.3 is 4.74 Å². The molecule has 2 nitrogen and oxygen atoms in total. The number of benzene rings is 5. The van der Waals surface area contributed by atoms with Crippen LogP contribution in [-0.4, -0.2) is 18.5 Å². The summed E-state index contributed by atoms with van der Waals surface area (Å²) in [6.45, 7) is 5.09. The van der Waals surface area contributed by atoms with Gasteiger partial charge in [0.05, 0.1) is 12.0 Å². The summed E-state index contributed by atoms with van der Waals surface area (Å²) in [5, 5.41) is 6.89. The first kappa shape index (κ1) is 44.9. The first-order valence-electron chi connectivity index (χ1n) is 17.4. The second-order valence-electron chi connectivity index (χ2n) is 12.2. The van der Waals surface area contributed by atoms with Gasteiger partial charge in [0.2, 0.25) is 0 Å². The Morgan fingerprint density at radius 3 is 1.19 bits per heavy atom. The van der Waals surface area contributed by atoms with Crippen LogP contribution in [0.2, 0.25) is 0 Å². The van der Waals surface area contributed by atoms with Crippen LogP contribution in [0, 0.1) is 68.9 Å². The smallest absolute Gasteiger partial charge is 0.0622 e. The van der Waals surface area contributed by atoms with Crippen LogP contribution in [0.25, 0.3) is 0 Å². The third-order valence-corrected chi connectivity index (χ3v) is 13.3. The molecule has 5 aromatic carbocycles. The molecule has 3 aliphatic rings. The van der Waals surface area contributed by atoms with Crippen LogP contribution in [0.15, 0.2) is 157 Å². The summed E-state index contributed by atoms with van der Waals surface area (Å²) < 4.78 is 5.99. The van der Waals surface area contributed by atoms with Crippen molar-refractivity contribution in [2.24, 2.45) is 10.9 Å². The predicted molar refractivity (Wildman–Crippen MR) is 229 cm³/mol. The van der Waals surface area contributed by atoms with E-state index in [9.17, 15) is 0 Å². The summed E-state index contributed by atoms with van der Waals surface area (Å²) in [5.41, 5.74) is 1.32. The molecule has 10 radical (unpaired) electrons. The van der Waals surface area contributed by atoms with Gasteiger partial charge in [0.1, 0.15) is 6.61 Å². The van der Waals surface area contributed by atoms with E-state index in [2.05, 4.69) is 185 Å². The summed E-state index contributed by atoms with van der Waals surface area (Å²) in [6.07, 6.45) is 16.5. The van der Waals surface area contributed by atoms with Gasteiger partial charge in [-0.1, -0.05) is 166 Å². The van der Waals surface area contributed by atoms with E-state index in [-0.39, 0.29) is 38.3 Å². The molecule has 1 atom stereocenters. The summed E-state index contributed by atoms with van der Waals surface area (Å²) in [5.74, 6) is 2.45. The fourth-order valence-corrected chi connectivity index (χ4v) is 10.5. The van der Waals surface area contributed by atoms with Gasteiger partial charge in [-0.25, -0.2) is 4.99 Å². The Hall–Kier alpha value is -1.85. The van der Waals surface area contributed by atoms with E-state index in [4.69, 9.17) is 29.1 Å². The topological polar surface area (TPSA) is 21.6 Å². The number of nitrogens with zero attached hydrogens (tertiary/aromatic N) is 1. The zero-order valence-corrected chi connectivity index (χ0v) is 36.3. The number of rotatable bonds is 8. The molecule has 5 aromatic rings. The molecule has 8 heteroatoms. The van der Waals surface area contributed by atoms with Gasteiger partial charge in [0.15, 0.2) is 5.90 Å². The van der Waals surface area contributed by atoms with Crippen molar-refractivity contribution >= 4 is 67.6 Å². The quantitative estimate of drug-likeness (QED) is 0.112. The summed E-state index contributed by atoms with van der Waals surface area (Å²) in [7, 11) is 8.63. The van der Waals surface area contributed by atoms with Gasteiger partial charge in [-0.3, -0.25) is 0 Å². The number of aliphatic imine (C=N–C) groups is 1. The third-order valence-electron chi connectivity index (χ3n) is 8.34. The number of hydrogen-bond donors (Lipinski definition) is 0. The van der Waals surface area contributed by atoms with Gasteiger partial charge in [-0.05, 0) is 99.7 Å². The van der Waals surface area contributed by atoms with E-state index in [1.165, 1.54) is 32.2 Å². The maximum Gasteiger partial charge on any atom is 2.00 e. The SMILES string of the molecule is CC(C)[C@H]1COC([C]2[CH][CH][CH][C]2P(c2ccccc2)c2ccccc2)=N1.[CH]1[CH][CH][CH][CH]1.[Cl][Ru][Cl].[Fe+2].c1ccc(P(c2ccccc2)c2ccccc2)cc1. The average molecular weight is 916 g/mol. The van der Waals surface area contributed by atoms with Crippen molar-refractivity contribution in [1.29, 1.82) is 0 Å². The molecule has 54 heavy (non-hydrogen) atoms. The molecule has 2 aliphatic carbocycles. The molecule has 0 unspecified atom stereocenters. The van der Waals surface area contributed by atoms with Gasteiger partial charge >= 0.3 is 51.6 Å². The standard InChI is InChI=1S/C23H23NOP.C18H15P.C5H5.2ClH.Fe.Ru/c1-17(2)21-16-25-23(24-21)20-14-9-15-22(20)26(18-10-5-3-6-11-18)19-12-7-4-8-13-19;1-4-10-16(11-5-1)19(17-12-6-2-7-13-17)18-14-8-3-9-15-18;1-2-4-5-3-1;;;;/h3-15,17,21H,16H2,1-2H3;1-15H;1-5H;2*1H;;/q;;;;;2*+2/p-2/t21-;;;;;;/m1....../s1. The van der Waals surface area contributed by atoms with E-state index < -0.39 is 15.8 Å². The number of hydrogen-bond acceptors (Lipinski definition) is 2. The van der Waals surface area contributed by atoms with Crippen molar-refractivity contribution in [3.05, 3.63) is 215 Å². The maximum absolute atomic E-state index is 5.99. The Balaban J connectivity index is 0.000000203. The van der Waals surface area contributed by atoms with Crippen LogP contribution in [-0.2, 0) is 37.0 Å². The van der Waals surface area contributed by atoms with Crippen LogP contribution in [0.5, 0.6) is 0 Å². The Bertz CT molecular complexity index is 1600. The Morgan fingerprint density at radius 2 is 0.870 bits per heavy atom. The third kappa shape index (κ3) is 13.7. The molecule has 0 aromatic heterocycles.